The predicted octanol–water partition coefficient (Wildman–Crippen LogP) is 3.84. The summed E-state index contributed by atoms with van der Waals surface area (Å²) in [6.45, 7) is 7.01. The zero-order valence-corrected chi connectivity index (χ0v) is 17.3. The number of furan rings is 1. The highest BCUT2D eigenvalue weighted by Crippen LogP contribution is 2.27. The van der Waals surface area contributed by atoms with Gasteiger partial charge in [0, 0.05) is 12.8 Å². The molecule has 0 aliphatic heterocycles. The van der Waals surface area contributed by atoms with E-state index in [1.165, 1.54) is 11.8 Å². The number of methoxy groups -OCH3 is 1. The molecule has 1 N–H and O–H groups in total. The molecule has 0 fully saturated rings. The van der Waals surface area contributed by atoms with E-state index < -0.39 is 0 Å². The number of anilines is 1. The van der Waals surface area contributed by atoms with Gasteiger partial charge < -0.3 is 14.5 Å². The Hall–Kier alpha value is -2.58. The number of carbonyl (C=O) groups excluding carboxylic acids is 1. The number of hydrogen-bond donors (Lipinski definition) is 1. The van der Waals surface area contributed by atoms with Crippen LogP contribution in [0.25, 0.3) is 11.4 Å². The Kier molecular flexibility index (Phi) is 6.53. The third-order valence-corrected chi connectivity index (χ3v) is 5.14. The lowest BCUT2D eigenvalue weighted by molar-refractivity contribution is -0.113. The Labute approximate surface area is 168 Å². The van der Waals surface area contributed by atoms with Crippen LogP contribution in [0.4, 0.5) is 5.69 Å². The molecule has 2 heterocycles. The summed E-state index contributed by atoms with van der Waals surface area (Å²) in [6, 6.07) is 7.85. The van der Waals surface area contributed by atoms with Crippen molar-refractivity contribution in [3.05, 3.63) is 47.4 Å². The largest absolute Gasteiger partial charge is 0.469 e. The Morgan fingerprint density at radius 2 is 1.96 bits per heavy atom. The fourth-order valence-electron chi connectivity index (χ4n) is 2.97. The van der Waals surface area contributed by atoms with Crippen LogP contribution in [-0.4, -0.2) is 40.1 Å². The van der Waals surface area contributed by atoms with Crippen molar-refractivity contribution in [3.63, 3.8) is 0 Å². The SMILES string of the molecule is COCCn1c(SCC(=O)Nc2cc(C)cc(C)c2)nnc1-c1ccoc1C. The topological polar surface area (TPSA) is 82.2 Å². The molecule has 3 aromatic rings. The third kappa shape index (κ3) is 4.82. The molecule has 0 saturated carbocycles. The van der Waals surface area contributed by atoms with E-state index in [1.807, 2.05) is 43.5 Å². The fourth-order valence-corrected chi connectivity index (χ4v) is 3.73. The molecule has 8 heteroatoms. The number of benzene rings is 1. The molecule has 148 valence electrons. The standard InChI is InChI=1S/C20H24N4O3S/c1-13-9-14(2)11-16(10-13)21-18(25)12-28-20-23-22-19(24(20)6-8-26-4)17-5-7-27-15(17)3/h5,7,9-11H,6,8,12H2,1-4H3,(H,21,25). The zero-order valence-electron chi connectivity index (χ0n) is 16.5. The molecule has 3 rings (SSSR count). The van der Waals surface area contributed by atoms with Crippen molar-refractivity contribution in [1.82, 2.24) is 14.8 Å². The lowest BCUT2D eigenvalue weighted by Crippen LogP contribution is -2.15. The molecular formula is C20H24N4O3S. The van der Waals surface area contributed by atoms with Gasteiger partial charge in [-0.25, -0.2) is 0 Å². The van der Waals surface area contributed by atoms with E-state index in [-0.39, 0.29) is 11.7 Å². The fraction of sp³-hybridized carbons (Fsp3) is 0.350. The smallest absolute Gasteiger partial charge is 0.234 e. The number of aromatic nitrogens is 3. The van der Waals surface area contributed by atoms with Crippen molar-refractivity contribution in [2.75, 3.05) is 24.8 Å². The van der Waals surface area contributed by atoms with E-state index in [0.29, 0.717) is 24.1 Å². The van der Waals surface area contributed by atoms with Gasteiger partial charge in [0.1, 0.15) is 5.76 Å². The molecule has 7 nitrogen and oxygen atoms in total. The quantitative estimate of drug-likeness (QED) is 0.579. The normalized spacial score (nSPS) is 11.0. The van der Waals surface area contributed by atoms with Crippen molar-refractivity contribution in [1.29, 1.82) is 0 Å². The van der Waals surface area contributed by atoms with Crippen LogP contribution in [0.1, 0.15) is 16.9 Å². The van der Waals surface area contributed by atoms with Gasteiger partial charge in [-0.1, -0.05) is 17.8 Å². The van der Waals surface area contributed by atoms with Gasteiger partial charge in [-0.3, -0.25) is 9.36 Å². The highest BCUT2D eigenvalue weighted by molar-refractivity contribution is 7.99. The summed E-state index contributed by atoms with van der Waals surface area (Å²) in [4.78, 5) is 12.4. The summed E-state index contributed by atoms with van der Waals surface area (Å²) in [5.74, 6) is 1.63. The highest BCUT2D eigenvalue weighted by atomic mass is 32.2. The van der Waals surface area contributed by atoms with E-state index in [9.17, 15) is 4.79 Å². The van der Waals surface area contributed by atoms with Gasteiger partial charge in [0.15, 0.2) is 11.0 Å². The Morgan fingerprint density at radius 1 is 1.21 bits per heavy atom. The minimum atomic E-state index is -0.0858. The summed E-state index contributed by atoms with van der Waals surface area (Å²) in [6.07, 6.45) is 1.63. The number of aryl methyl sites for hydroxylation is 3. The summed E-state index contributed by atoms with van der Waals surface area (Å²) >= 11 is 1.35. The zero-order chi connectivity index (χ0) is 20.1. The Morgan fingerprint density at radius 3 is 2.61 bits per heavy atom. The van der Waals surface area contributed by atoms with E-state index in [0.717, 1.165) is 28.1 Å². The average molecular weight is 401 g/mol. The van der Waals surface area contributed by atoms with E-state index in [4.69, 9.17) is 9.15 Å². The molecular weight excluding hydrogens is 376 g/mol. The molecule has 0 radical (unpaired) electrons. The van der Waals surface area contributed by atoms with Crippen molar-refractivity contribution in [2.45, 2.75) is 32.5 Å². The van der Waals surface area contributed by atoms with E-state index in [1.54, 1.807) is 13.4 Å². The molecule has 2 aromatic heterocycles. The van der Waals surface area contributed by atoms with Crippen molar-refractivity contribution < 1.29 is 13.9 Å². The Bertz CT molecular complexity index is 944. The second kappa shape index (κ2) is 9.07. The first-order valence-corrected chi connectivity index (χ1v) is 9.94. The monoisotopic (exact) mass is 400 g/mol. The number of nitrogens with zero attached hydrogens (tertiary/aromatic N) is 3. The van der Waals surface area contributed by atoms with Crippen LogP contribution >= 0.6 is 11.8 Å². The van der Waals surface area contributed by atoms with E-state index in [2.05, 4.69) is 21.6 Å². The Balaban J connectivity index is 1.72. The molecule has 0 saturated heterocycles. The number of nitrogens with one attached hydrogen (secondary N) is 1. The maximum Gasteiger partial charge on any atom is 0.234 e. The second-order valence-corrected chi connectivity index (χ2v) is 7.50. The maximum absolute atomic E-state index is 12.4. The van der Waals surface area contributed by atoms with Crippen LogP contribution in [0.15, 0.2) is 40.1 Å². The summed E-state index contributed by atoms with van der Waals surface area (Å²) in [5.41, 5.74) is 3.92. The molecule has 1 amide bonds. The lowest BCUT2D eigenvalue weighted by atomic mass is 10.1. The third-order valence-electron chi connectivity index (χ3n) is 4.17. The first-order chi connectivity index (χ1) is 13.5. The molecule has 0 spiro atoms. The summed E-state index contributed by atoms with van der Waals surface area (Å²) < 4.78 is 12.6. The minimum Gasteiger partial charge on any atom is -0.469 e. The molecule has 0 atom stereocenters. The van der Waals surface area contributed by atoms with Gasteiger partial charge in [-0.15, -0.1) is 10.2 Å². The number of hydrogen-bond acceptors (Lipinski definition) is 6. The van der Waals surface area contributed by atoms with Crippen LogP contribution in [0, 0.1) is 20.8 Å². The van der Waals surface area contributed by atoms with Crippen LogP contribution in [0.3, 0.4) is 0 Å². The summed E-state index contributed by atoms with van der Waals surface area (Å²) in [7, 11) is 1.65. The summed E-state index contributed by atoms with van der Waals surface area (Å²) in [5, 5.41) is 12.2. The van der Waals surface area contributed by atoms with Gasteiger partial charge >= 0.3 is 0 Å². The molecule has 0 aliphatic carbocycles. The van der Waals surface area contributed by atoms with Crippen LogP contribution in [-0.2, 0) is 16.1 Å². The van der Waals surface area contributed by atoms with Crippen molar-refractivity contribution >= 4 is 23.4 Å². The molecule has 1 aromatic carbocycles. The lowest BCUT2D eigenvalue weighted by Gasteiger charge is -2.10. The predicted molar refractivity (Wildman–Crippen MR) is 110 cm³/mol. The van der Waals surface area contributed by atoms with Gasteiger partial charge in [-0.05, 0) is 50.1 Å². The van der Waals surface area contributed by atoms with Crippen LogP contribution in [0.2, 0.25) is 0 Å². The molecule has 0 unspecified atom stereocenters. The minimum absolute atomic E-state index is 0.0858. The van der Waals surface area contributed by atoms with Crippen molar-refractivity contribution in [3.8, 4) is 11.4 Å². The maximum atomic E-state index is 12.4. The van der Waals surface area contributed by atoms with Gasteiger partial charge in [-0.2, -0.15) is 0 Å². The first-order valence-electron chi connectivity index (χ1n) is 8.95. The first kappa shape index (κ1) is 20.2. The molecule has 0 aliphatic rings. The van der Waals surface area contributed by atoms with Crippen molar-refractivity contribution in [2.24, 2.45) is 0 Å². The number of ether oxygens (including phenoxy) is 1. The van der Waals surface area contributed by atoms with Gasteiger partial charge in [0.05, 0.1) is 30.7 Å². The average Bonchev–Trinajstić information content (AvgIpc) is 3.22. The number of thioether (sulfide) groups is 1. The second-order valence-electron chi connectivity index (χ2n) is 6.55. The van der Waals surface area contributed by atoms with E-state index >= 15 is 0 Å². The van der Waals surface area contributed by atoms with Gasteiger partial charge in [0.2, 0.25) is 5.91 Å². The number of carbonyl (C=O) groups is 1. The number of rotatable bonds is 8. The number of amides is 1. The highest BCUT2D eigenvalue weighted by Gasteiger charge is 2.18. The van der Waals surface area contributed by atoms with Crippen LogP contribution in [0.5, 0.6) is 0 Å². The van der Waals surface area contributed by atoms with Crippen LogP contribution < -0.4 is 5.32 Å². The molecule has 28 heavy (non-hydrogen) atoms. The van der Waals surface area contributed by atoms with Gasteiger partial charge in [0.25, 0.3) is 0 Å². The molecule has 0 bridgehead atoms.